The van der Waals surface area contributed by atoms with Gasteiger partial charge >= 0.3 is 0 Å². The van der Waals surface area contributed by atoms with Crippen molar-refractivity contribution in [1.29, 1.82) is 0 Å². The summed E-state index contributed by atoms with van der Waals surface area (Å²) in [6.07, 6.45) is 3.38. The van der Waals surface area contributed by atoms with Gasteiger partial charge in [0.1, 0.15) is 15.6 Å². The highest BCUT2D eigenvalue weighted by Crippen LogP contribution is 2.13. The van der Waals surface area contributed by atoms with Crippen LogP contribution in [-0.4, -0.2) is 30.6 Å². The third-order valence-corrected chi connectivity index (χ3v) is 4.24. The van der Waals surface area contributed by atoms with Crippen LogP contribution >= 0.6 is 11.3 Å². The Morgan fingerprint density at radius 2 is 2.17 bits per heavy atom. The Morgan fingerprint density at radius 1 is 1.39 bits per heavy atom. The maximum Gasteiger partial charge on any atom is 0.270 e. The minimum Gasteiger partial charge on any atom is -0.504 e. The lowest BCUT2D eigenvalue weighted by Gasteiger charge is -2.05. The fraction of sp³-hybridized carbons (Fsp3) is 0.214. The lowest BCUT2D eigenvalue weighted by atomic mass is 10.3. The van der Waals surface area contributed by atoms with Crippen LogP contribution in [0, 0.1) is 0 Å². The summed E-state index contributed by atoms with van der Waals surface area (Å²) >= 11 is 1.41. The molecule has 0 saturated heterocycles. The second kappa shape index (κ2) is 6.13. The molecule has 0 saturated carbocycles. The lowest BCUT2D eigenvalue weighted by Crippen LogP contribution is -2.31. The van der Waals surface area contributed by atoms with Gasteiger partial charge in [0, 0.05) is 12.4 Å². The van der Waals surface area contributed by atoms with Crippen LogP contribution in [0.5, 0.6) is 5.75 Å². The molecule has 3 rings (SSSR count). The number of carbonyl (C=O) groups excluding carboxylic acids is 1. The van der Waals surface area contributed by atoms with E-state index >= 15 is 0 Å². The molecule has 2 N–H and O–H groups in total. The first kappa shape index (κ1) is 15.1. The second-order valence-corrected chi connectivity index (χ2v) is 5.84. The van der Waals surface area contributed by atoms with Crippen LogP contribution < -0.4 is 10.9 Å². The number of aryl methyl sites for hydroxylation is 1. The smallest absolute Gasteiger partial charge is 0.270 e. The van der Waals surface area contributed by atoms with Gasteiger partial charge in [-0.05, 0) is 18.6 Å². The number of hydrogen-bond acceptors (Lipinski definition) is 7. The predicted octanol–water partition coefficient (Wildman–Crippen LogP) is 0.744. The number of aromatic hydroxyl groups is 1. The van der Waals surface area contributed by atoms with Crippen molar-refractivity contribution >= 4 is 22.9 Å². The number of pyridine rings is 1. The molecule has 3 heterocycles. The molecule has 0 fully saturated rings. The molecule has 8 nitrogen and oxygen atoms in total. The van der Waals surface area contributed by atoms with Gasteiger partial charge in [0.05, 0.1) is 6.54 Å². The van der Waals surface area contributed by atoms with E-state index in [0.29, 0.717) is 5.01 Å². The molecule has 23 heavy (non-hydrogen) atoms. The zero-order valence-corrected chi connectivity index (χ0v) is 13.0. The van der Waals surface area contributed by atoms with Gasteiger partial charge < -0.3 is 10.4 Å². The average molecular weight is 331 g/mol. The summed E-state index contributed by atoms with van der Waals surface area (Å²) in [6.45, 7) is 2.17. The molecule has 0 atom stereocenters. The molecule has 0 bridgehead atoms. The van der Waals surface area contributed by atoms with E-state index in [1.165, 1.54) is 29.7 Å². The van der Waals surface area contributed by atoms with Crippen molar-refractivity contribution in [3.8, 4) is 5.75 Å². The van der Waals surface area contributed by atoms with Gasteiger partial charge in [-0.3, -0.25) is 14.0 Å². The molecule has 0 aliphatic rings. The zero-order valence-electron chi connectivity index (χ0n) is 12.2. The van der Waals surface area contributed by atoms with Crippen LogP contribution in [0.4, 0.5) is 0 Å². The summed E-state index contributed by atoms with van der Waals surface area (Å²) in [5, 5.41) is 21.8. The van der Waals surface area contributed by atoms with Crippen molar-refractivity contribution in [2.45, 2.75) is 19.9 Å². The first-order chi connectivity index (χ1) is 11.1. The molecule has 0 spiro atoms. The largest absolute Gasteiger partial charge is 0.504 e. The Morgan fingerprint density at radius 3 is 2.91 bits per heavy atom. The first-order valence-electron chi connectivity index (χ1n) is 6.89. The highest BCUT2D eigenvalue weighted by atomic mass is 32.1. The van der Waals surface area contributed by atoms with Gasteiger partial charge in [-0.25, -0.2) is 4.98 Å². The molecular formula is C14H13N5O3S. The van der Waals surface area contributed by atoms with Crippen LogP contribution in [0.1, 0.15) is 27.3 Å². The van der Waals surface area contributed by atoms with Crippen molar-refractivity contribution in [2.24, 2.45) is 0 Å². The Labute approximate surface area is 134 Å². The molecule has 9 heteroatoms. The number of aromatic nitrogens is 4. The summed E-state index contributed by atoms with van der Waals surface area (Å²) < 4.78 is 1.13. The van der Waals surface area contributed by atoms with Crippen LogP contribution in [0.3, 0.4) is 0 Å². The van der Waals surface area contributed by atoms with Gasteiger partial charge in [0.2, 0.25) is 0 Å². The molecule has 0 aliphatic heterocycles. The Balaban J connectivity index is 1.83. The molecule has 0 radical (unpaired) electrons. The second-order valence-electron chi connectivity index (χ2n) is 4.69. The molecule has 0 unspecified atom stereocenters. The van der Waals surface area contributed by atoms with Crippen molar-refractivity contribution < 1.29 is 9.90 Å². The van der Waals surface area contributed by atoms with Crippen LogP contribution in [-0.2, 0) is 13.0 Å². The normalized spacial score (nSPS) is 10.8. The Hall–Kier alpha value is -2.81. The van der Waals surface area contributed by atoms with E-state index in [1.807, 2.05) is 6.92 Å². The maximum absolute atomic E-state index is 12.3. The van der Waals surface area contributed by atoms with Gasteiger partial charge in [-0.1, -0.05) is 18.3 Å². The minimum absolute atomic E-state index is 0.103. The molecule has 0 aliphatic carbocycles. The predicted molar refractivity (Wildman–Crippen MR) is 83.6 cm³/mol. The minimum atomic E-state index is -0.548. The topological polar surface area (TPSA) is 109 Å². The van der Waals surface area contributed by atoms with Gasteiger partial charge in [-0.2, -0.15) is 0 Å². The molecular weight excluding hydrogens is 318 g/mol. The molecule has 1 amide bonds. The van der Waals surface area contributed by atoms with E-state index in [4.69, 9.17) is 0 Å². The summed E-state index contributed by atoms with van der Waals surface area (Å²) in [7, 11) is 0. The van der Waals surface area contributed by atoms with E-state index < -0.39 is 11.5 Å². The van der Waals surface area contributed by atoms with Crippen molar-refractivity contribution in [2.75, 3.05) is 0 Å². The van der Waals surface area contributed by atoms with Crippen molar-refractivity contribution in [3.63, 3.8) is 0 Å². The Kier molecular flexibility index (Phi) is 4.02. The van der Waals surface area contributed by atoms with Crippen molar-refractivity contribution in [1.82, 2.24) is 24.9 Å². The number of rotatable bonds is 4. The third kappa shape index (κ3) is 2.90. The average Bonchev–Trinajstić information content (AvgIpc) is 3.02. The summed E-state index contributed by atoms with van der Waals surface area (Å²) in [5.41, 5.74) is -0.547. The highest BCUT2D eigenvalue weighted by Gasteiger charge is 2.15. The summed E-state index contributed by atoms with van der Waals surface area (Å²) in [6, 6.07) is 2.92. The van der Waals surface area contributed by atoms with E-state index in [0.717, 1.165) is 22.0 Å². The molecule has 118 valence electrons. The summed E-state index contributed by atoms with van der Waals surface area (Å²) in [5.74, 6) is -0.675. The van der Waals surface area contributed by atoms with Crippen molar-refractivity contribution in [3.05, 3.63) is 50.5 Å². The molecule has 3 aromatic rings. The lowest BCUT2D eigenvalue weighted by molar-refractivity contribution is 0.0948. The monoisotopic (exact) mass is 331 g/mol. The van der Waals surface area contributed by atoms with Crippen LogP contribution in [0.2, 0.25) is 0 Å². The van der Waals surface area contributed by atoms with E-state index in [-0.39, 0.29) is 23.5 Å². The number of amides is 1. The number of hydrogen-bond donors (Lipinski definition) is 2. The van der Waals surface area contributed by atoms with Crippen LogP contribution in [0.25, 0.3) is 5.65 Å². The van der Waals surface area contributed by atoms with E-state index in [9.17, 15) is 14.7 Å². The number of carbonyl (C=O) groups is 1. The zero-order chi connectivity index (χ0) is 16.4. The number of nitrogens with zero attached hydrogens (tertiary/aromatic N) is 4. The number of fused-ring (bicyclic) bond motifs is 1. The van der Waals surface area contributed by atoms with Gasteiger partial charge in [0.15, 0.2) is 11.4 Å². The fourth-order valence-corrected chi connectivity index (χ4v) is 2.73. The van der Waals surface area contributed by atoms with E-state index in [2.05, 4.69) is 20.5 Å². The maximum atomic E-state index is 12.3. The van der Waals surface area contributed by atoms with Gasteiger partial charge in [0.25, 0.3) is 11.5 Å². The fourth-order valence-electron chi connectivity index (χ4n) is 2.00. The SMILES string of the molecule is CCc1nnc(CNC(=O)c2cnc3c(O)cccn3c2=O)s1. The Bertz CT molecular complexity index is 934. The van der Waals surface area contributed by atoms with Gasteiger partial charge in [-0.15, -0.1) is 10.2 Å². The van der Waals surface area contributed by atoms with E-state index in [1.54, 1.807) is 0 Å². The summed E-state index contributed by atoms with van der Waals surface area (Å²) in [4.78, 5) is 28.4. The first-order valence-corrected chi connectivity index (χ1v) is 7.70. The molecule has 3 aromatic heterocycles. The third-order valence-electron chi connectivity index (χ3n) is 3.17. The quantitative estimate of drug-likeness (QED) is 0.730. The number of nitrogens with one attached hydrogen (secondary N) is 1. The highest BCUT2D eigenvalue weighted by molar-refractivity contribution is 7.11. The standard InChI is InChI=1S/C14H13N5O3S/c1-2-10-17-18-11(23-10)7-16-13(21)8-6-15-12-9(20)4-3-5-19(12)14(8)22/h3-6,20H,2,7H2,1H3,(H,16,21). The molecule has 0 aromatic carbocycles. The van der Waals surface area contributed by atoms with Crippen LogP contribution in [0.15, 0.2) is 29.3 Å².